The number of nitrogens with zero attached hydrogens (tertiary/aromatic N) is 4. The Labute approximate surface area is 114 Å². The summed E-state index contributed by atoms with van der Waals surface area (Å²) in [6.07, 6.45) is 5.46. The van der Waals surface area contributed by atoms with Crippen molar-refractivity contribution in [2.75, 3.05) is 39.5 Å². The lowest BCUT2D eigenvalue weighted by molar-refractivity contribution is 0.0957. The summed E-state index contributed by atoms with van der Waals surface area (Å²) in [6.45, 7) is 3.34. The van der Waals surface area contributed by atoms with Gasteiger partial charge in [0.25, 0.3) is 0 Å². The maximum absolute atomic E-state index is 10.1. The monoisotopic (exact) mass is 267 g/mol. The van der Waals surface area contributed by atoms with Crippen molar-refractivity contribution in [1.82, 2.24) is 19.6 Å². The summed E-state index contributed by atoms with van der Waals surface area (Å²) in [5.41, 5.74) is 6.23. The zero-order chi connectivity index (χ0) is 13.8. The van der Waals surface area contributed by atoms with E-state index < -0.39 is 6.10 Å². The zero-order valence-electron chi connectivity index (χ0n) is 11.9. The molecule has 1 aliphatic heterocycles. The lowest BCUT2D eigenvalue weighted by atomic mass is 10.2. The van der Waals surface area contributed by atoms with E-state index in [2.05, 4.69) is 29.0 Å². The van der Waals surface area contributed by atoms with Crippen molar-refractivity contribution in [2.45, 2.75) is 31.5 Å². The minimum Gasteiger partial charge on any atom is -0.396 e. The van der Waals surface area contributed by atoms with Crippen molar-refractivity contribution in [3.8, 4) is 0 Å². The second-order valence-corrected chi connectivity index (χ2v) is 5.65. The first-order valence-corrected chi connectivity index (χ1v) is 6.89. The first kappa shape index (κ1) is 14.3. The van der Waals surface area contributed by atoms with Crippen LogP contribution in [-0.2, 0) is 6.54 Å². The van der Waals surface area contributed by atoms with E-state index in [0.29, 0.717) is 24.8 Å². The van der Waals surface area contributed by atoms with E-state index >= 15 is 0 Å². The van der Waals surface area contributed by atoms with E-state index in [1.165, 1.54) is 19.4 Å². The molecule has 108 valence electrons. The molecule has 2 rings (SSSR count). The number of likely N-dealkylation sites (N-methyl/N-ethyl adjacent to an activating group) is 2. The highest BCUT2D eigenvalue weighted by atomic mass is 16.3. The van der Waals surface area contributed by atoms with Gasteiger partial charge in [-0.05, 0) is 33.5 Å². The third-order valence-electron chi connectivity index (χ3n) is 3.77. The maximum atomic E-state index is 10.1. The smallest absolute Gasteiger partial charge is 0.0862 e. The fourth-order valence-electron chi connectivity index (χ4n) is 2.76. The summed E-state index contributed by atoms with van der Waals surface area (Å²) >= 11 is 0. The summed E-state index contributed by atoms with van der Waals surface area (Å²) in [6, 6.07) is 0.623. The first-order chi connectivity index (χ1) is 9.04. The van der Waals surface area contributed by atoms with Gasteiger partial charge in [0.15, 0.2) is 0 Å². The van der Waals surface area contributed by atoms with Crippen LogP contribution in [0.4, 0.5) is 5.69 Å². The van der Waals surface area contributed by atoms with Crippen LogP contribution in [0.1, 0.15) is 12.8 Å². The number of nitrogens with two attached hydrogens (primary N) is 1. The largest absolute Gasteiger partial charge is 0.396 e. The van der Waals surface area contributed by atoms with Gasteiger partial charge in [-0.25, -0.2) is 0 Å². The molecule has 1 saturated heterocycles. The van der Waals surface area contributed by atoms with Crippen LogP contribution in [0.2, 0.25) is 0 Å². The predicted octanol–water partition coefficient (Wildman–Crippen LogP) is -0.148. The van der Waals surface area contributed by atoms with Crippen LogP contribution in [0.3, 0.4) is 0 Å². The molecule has 1 aliphatic rings. The van der Waals surface area contributed by atoms with Crippen molar-refractivity contribution in [1.29, 1.82) is 0 Å². The van der Waals surface area contributed by atoms with Crippen LogP contribution in [-0.4, -0.2) is 70.6 Å². The average Bonchev–Trinajstić information content (AvgIpc) is 2.89. The molecule has 3 N–H and O–H groups in total. The number of aliphatic hydroxyl groups is 1. The number of anilines is 1. The van der Waals surface area contributed by atoms with Gasteiger partial charge in [-0.2, -0.15) is 5.10 Å². The maximum Gasteiger partial charge on any atom is 0.0862 e. The fourth-order valence-corrected chi connectivity index (χ4v) is 2.76. The number of aliphatic hydroxyl groups excluding tert-OH is 1. The minimum atomic E-state index is -0.420. The molecule has 2 atom stereocenters. The van der Waals surface area contributed by atoms with Crippen LogP contribution in [0.15, 0.2) is 12.4 Å². The molecule has 0 aromatic carbocycles. The van der Waals surface area contributed by atoms with Gasteiger partial charge in [-0.15, -0.1) is 0 Å². The van der Waals surface area contributed by atoms with Crippen LogP contribution in [0, 0.1) is 0 Å². The van der Waals surface area contributed by atoms with E-state index in [4.69, 9.17) is 5.73 Å². The molecule has 1 fully saturated rings. The van der Waals surface area contributed by atoms with E-state index in [-0.39, 0.29) is 0 Å². The number of likely N-dealkylation sites (tertiary alicyclic amines) is 1. The SMILES string of the molecule is CN(CC(O)Cn1cc(N)cn1)CC1CCCN1C. The number of aromatic nitrogens is 2. The molecule has 0 radical (unpaired) electrons. The lowest BCUT2D eigenvalue weighted by Crippen LogP contribution is -2.40. The van der Waals surface area contributed by atoms with Crippen molar-refractivity contribution in [2.24, 2.45) is 0 Å². The standard InChI is InChI=1S/C13H25N5O/c1-16(8-12-4-3-5-17(12)2)9-13(19)10-18-7-11(14)6-15-18/h6-7,12-13,19H,3-5,8-10,14H2,1-2H3. The van der Waals surface area contributed by atoms with Crippen molar-refractivity contribution in [3.63, 3.8) is 0 Å². The molecule has 19 heavy (non-hydrogen) atoms. The molecule has 6 heteroatoms. The van der Waals surface area contributed by atoms with E-state index in [0.717, 1.165) is 6.54 Å². The van der Waals surface area contributed by atoms with E-state index in [9.17, 15) is 5.11 Å². The third-order valence-corrected chi connectivity index (χ3v) is 3.77. The van der Waals surface area contributed by atoms with Gasteiger partial charge < -0.3 is 20.6 Å². The van der Waals surface area contributed by atoms with Gasteiger partial charge in [0, 0.05) is 25.3 Å². The summed E-state index contributed by atoms with van der Waals surface area (Å²) in [5.74, 6) is 0. The molecule has 1 aromatic heterocycles. The van der Waals surface area contributed by atoms with Crippen LogP contribution in [0.5, 0.6) is 0 Å². The number of hydrogen-bond acceptors (Lipinski definition) is 5. The highest BCUT2D eigenvalue weighted by molar-refractivity contribution is 5.30. The molecule has 0 amide bonds. The molecule has 6 nitrogen and oxygen atoms in total. The van der Waals surface area contributed by atoms with Crippen molar-refractivity contribution < 1.29 is 5.11 Å². The average molecular weight is 267 g/mol. The first-order valence-electron chi connectivity index (χ1n) is 6.89. The Morgan fingerprint density at radius 3 is 3.00 bits per heavy atom. The van der Waals surface area contributed by atoms with Gasteiger partial charge in [0.2, 0.25) is 0 Å². The minimum absolute atomic E-state index is 0.420. The van der Waals surface area contributed by atoms with Gasteiger partial charge in [-0.3, -0.25) is 4.68 Å². The normalized spacial score (nSPS) is 22.2. The molecule has 1 aromatic rings. The fraction of sp³-hybridized carbons (Fsp3) is 0.769. The summed E-state index contributed by atoms with van der Waals surface area (Å²) in [7, 11) is 4.24. The molecule has 0 saturated carbocycles. The van der Waals surface area contributed by atoms with Crippen LogP contribution in [0.25, 0.3) is 0 Å². The molecular formula is C13H25N5O. The predicted molar refractivity (Wildman–Crippen MR) is 75.8 cm³/mol. The highest BCUT2D eigenvalue weighted by Crippen LogP contribution is 2.15. The second-order valence-electron chi connectivity index (χ2n) is 5.65. The Bertz CT molecular complexity index is 394. The molecule has 2 unspecified atom stereocenters. The molecular weight excluding hydrogens is 242 g/mol. The number of nitrogen functional groups attached to an aromatic ring is 1. The van der Waals surface area contributed by atoms with Gasteiger partial charge in [0.1, 0.15) is 0 Å². The van der Waals surface area contributed by atoms with Gasteiger partial charge >= 0.3 is 0 Å². The Morgan fingerprint density at radius 1 is 1.63 bits per heavy atom. The molecule has 0 bridgehead atoms. The van der Waals surface area contributed by atoms with Crippen molar-refractivity contribution >= 4 is 5.69 Å². The Balaban J connectivity index is 1.73. The quantitative estimate of drug-likeness (QED) is 0.750. The lowest BCUT2D eigenvalue weighted by Gasteiger charge is -2.27. The molecule has 0 aliphatic carbocycles. The van der Waals surface area contributed by atoms with Gasteiger partial charge in [0.05, 0.1) is 24.5 Å². The molecule has 0 spiro atoms. The number of hydrogen-bond donors (Lipinski definition) is 2. The Kier molecular flexibility index (Phi) is 4.79. The summed E-state index contributed by atoms with van der Waals surface area (Å²) < 4.78 is 1.69. The number of rotatable bonds is 6. The highest BCUT2D eigenvalue weighted by Gasteiger charge is 2.22. The molecule has 2 heterocycles. The third kappa shape index (κ3) is 4.19. The van der Waals surface area contributed by atoms with Crippen LogP contribution >= 0.6 is 0 Å². The van der Waals surface area contributed by atoms with E-state index in [1.54, 1.807) is 17.1 Å². The van der Waals surface area contributed by atoms with Gasteiger partial charge in [-0.1, -0.05) is 0 Å². The topological polar surface area (TPSA) is 70.5 Å². The second kappa shape index (κ2) is 6.36. The Morgan fingerprint density at radius 2 is 2.42 bits per heavy atom. The Hall–Kier alpha value is -1.11. The van der Waals surface area contributed by atoms with E-state index in [1.807, 2.05) is 0 Å². The van der Waals surface area contributed by atoms with Crippen LogP contribution < -0.4 is 5.73 Å². The van der Waals surface area contributed by atoms with Crippen molar-refractivity contribution in [3.05, 3.63) is 12.4 Å². The summed E-state index contributed by atoms with van der Waals surface area (Å²) in [4.78, 5) is 4.60. The summed E-state index contributed by atoms with van der Waals surface area (Å²) in [5, 5.41) is 14.1. The zero-order valence-corrected chi connectivity index (χ0v) is 11.9.